The molecule has 4 heteroatoms. The molecule has 1 aromatic rings. The lowest BCUT2D eigenvalue weighted by Gasteiger charge is -2.15. The van der Waals surface area contributed by atoms with Crippen LogP contribution in [0.3, 0.4) is 0 Å². The predicted molar refractivity (Wildman–Crippen MR) is 73.2 cm³/mol. The van der Waals surface area contributed by atoms with E-state index in [4.69, 9.17) is 14.7 Å². The maximum Gasteiger partial charge on any atom is 0.184 e. The summed E-state index contributed by atoms with van der Waals surface area (Å²) in [7, 11) is 1.61. The predicted octanol–water partition coefficient (Wildman–Crippen LogP) is 2.63. The molecule has 1 saturated carbocycles. The van der Waals surface area contributed by atoms with Gasteiger partial charge in [-0.3, -0.25) is 0 Å². The van der Waals surface area contributed by atoms with Gasteiger partial charge >= 0.3 is 0 Å². The molecule has 0 spiro atoms. The van der Waals surface area contributed by atoms with Crippen LogP contribution >= 0.6 is 0 Å². The van der Waals surface area contributed by atoms with Crippen LogP contribution in [0.4, 0.5) is 0 Å². The number of nitrogens with zero attached hydrogens (tertiary/aromatic N) is 1. The number of nitriles is 1. The molecule has 0 aromatic heterocycles. The molecular weight excluding hydrogens is 240 g/mol. The van der Waals surface area contributed by atoms with Crippen molar-refractivity contribution in [3.63, 3.8) is 0 Å². The first-order chi connectivity index (χ1) is 9.26. The second-order valence-corrected chi connectivity index (χ2v) is 4.78. The Labute approximate surface area is 114 Å². The fraction of sp³-hybridized carbons (Fsp3) is 0.533. The van der Waals surface area contributed by atoms with Gasteiger partial charge in [0.1, 0.15) is 6.07 Å². The minimum atomic E-state index is -0.430. The molecule has 1 aliphatic rings. The number of hydrogen-bond donors (Lipinski definition) is 1. The summed E-state index contributed by atoms with van der Waals surface area (Å²) < 4.78 is 11.0. The third-order valence-corrected chi connectivity index (χ3v) is 3.18. The Bertz CT molecular complexity index is 464. The van der Waals surface area contributed by atoms with Gasteiger partial charge in [-0.1, -0.05) is 13.0 Å². The van der Waals surface area contributed by atoms with Gasteiger partial charge in [0.15, 0.2) is 17.6 Å². The van der Waals surface area contributed by atoms with Gasteiger partial charge in [0.2, 0.25) is 0 Å². The monoisotopic (exact) mass is 260 g/mol. The molecule has 1 aromatic carbocycles. The van der Waals surface area contributed by atoms with E-state index >= 15 is 0 Å². The number of hydrogen-bond acceptors (Lipinski definition) is 4. The first-order valence-electron chi connectivity index (χ1n) is 6.73. The van der Waals surface area contributed by atoms with E-state index in [2.05, 4.69) is 11.4 Å². The van der Waals surface area contributed by atoms with Crippen LogP contribution in [0, 0.1) is 11.3 Å². The molecule has 1 unspecified atom stereocenters. The molecule has 0 amide bonds. The fourth-order valence-electron chi connectivity index (χ4n) is 1.83. The highest BCUT2D eigenvalue weighted by Gasteiger charge is 2.20. The summed E-state index contributed by atoms with van der Waals surface area (Å²) in [5.74, 6) is 1.31. The zero-order valence-corrected chi connectivity index (χ0v) is 11.5. The van der Waals surface area contributed by atoms with Crippen LogP contribution in [-0.4, -0.2) is 19.3 Å². The van der Waals surface area contributed by atoms with Gasteiger partial charge in [0.25, 0.3) is 0 Å². The highest BCUT2D eigenvalue weighted by atomic mass is 16.5. The zero-order chi connectivity index (χ0) is 13.7. The van der Waals surface area contributed by atoms with Gasteiger partial charge in [0, 0.05) is 12.6 Å². The summed E-state index contributed by atoms with van der Waals surface area (Å²) >= 11 is 0. The van der Waals surface area contributed by atoms with Crippen molar-refractivity contribution < 1.29 is 9.47 Å². The van der Waals surface area contributed by atoms with Crippen LogP contribution in [0.2, 0.25) is 0 Å². The normalized spacial score (nSPS) is 15.6. The quantitative estimate of drug-likeness (QED) is 0.818. The Balaban J connectivity index is 2.08. The highest BCUT2D eigenvalue weighted by molar-refractivity contribution is 5.43. The van der Waals surface area contributed by atoms with Crippen molar-refractivity contribution in [3.05, 3.63) is 23.8 Å². The van der Waals surface area contributed by atoms with Gasteiger partial charge in [-0.2, -0.15) is 5.26 Å². The third kappa shape index (κ3) is 3.87. The van der Waals surface area contributed by atoms with E-state index < -0.39 is 6.10 Å². The molecular formula is C15H20N2O2. The molecule has 1 atom stereocenters. The zero-order valence-electron chi connectivity index (χ0n) is 11.5. The first kappa shape index (κ1) is 13.7. The number of ether oxygens (including phenoxy) is 2. The molecule has 4 nitrogen and oxygen atoms in total. The molecule has 1 fully saturated rings. The molecule has 0 radical (unpaired) electrons. The highest BCUT2D eigenvalue weighted by Crippen LogP contribution is 2.29. The van der Waals surface area contributed by atoms with Crippen molar-refractivity contribution in [2.24, 2.45) is 0 Å². The molecule has 1 aliphatic carbocycles. The van der Waals surface area contributed by atoms with E-state index in [9.17, 15) is 0 Å². The topological polar surface area (TPSA) is 54.3 Å². The van der Waals surface area contributed by atoms with Crippen molar-refractivity contribution in [2.75, 3.05) is 7.11 Å². The number of rotatable bonds is 7. The number of methoxy groups -OCH3 is 1. The Kier molecular flexibility index (Phi) is 4.64. The summed E-state index contributed by atoms with van der Waals surface area (Å²) in [5.41, 5.74) is 1.15. The van der Waals surface area contributed by atoms with Crippen LogP contribution in [0.5, 0.6) is 11.5 Å². The van der Waals surface area contributed by atoms with E-state index in [1.54, 1.807) is 7.11 Å². The lowest BCUT2D eigenvalue weighted by atomic mass is 10.2. The lowest BCUT2D eigenvalue weighted by molar-refractivity contribution is 0.238. The second kappa shape index (κ2) is 6.44. The number of nitrogens with one attached hydrogen (secondary N) is 1. The second-order valence-electron chi connectivity index (χ2n) is 4.78. The Hall–Kier alpha value is -1.73. The molecule has 102 valence electrons. The van der Waals surface area contributed by atoms with E-state index in [0.29, 0.717) is 24.0 Å². The molecule has 1 N–H and O–H groups in total. The van der Waals surface area contributed by atoms with E-state index in [-0.39, 0.29) is 0 Å². The molecule has 0 saturated heterocycles. The molecule has 19 heavy (non-hydrogen) atoms. The van der Waals surface area contributed by atoms with Crippen LogP contribution < -0.4 is 14.8 Å². The summed E-state index contributed by atoms with van der Waals surface area (Å²) in [6.45, 7) is 2.76. The SMILES string of the molecule is CCC(C#N)Oc1cc(CNC2CC2)ccc1OC. The van der Waals surface area contributed by atoms with Crippen LogP contribution in [0.25, 0.3) is 0 Å². The molecule has 0 aliphatic heterocycles. The van der Waals surface area contributed by atoms with E-state index in [1.165, 1.54) is 12.8 Å². The van der Waals surface area contributed by atoms with Crippen molar-refractivity contribution in [1.29, 1.82) is 5.26 Å². The Morgan fingerprint density at radius 1 is 1.42 bits per heavy atom. The van der Waals surface area contributed by atoms with Crippen LogP contribution in [0.1, 0.15) is 31.7 Å². The lowest BCUT2D eigenvalue weighted by Crippen LogP contribution is -2.16. The first-order valence-corrected chi connectivity index (χ1v) is 6.73. The van der Waals surface area contributed by atoms with Gasteiger partial charge in [-0.25, -0.2) is 0 Å². The standard InChI is InChI=1S/C15H20N2O2/c1-3-13(9-16)19-15-8-11(4-7-14(15)18-2)10-17-12-5-6-12/h4,7-8,12-13,17H,3,5-6,10H2,1-2H3. The smallest absolute Gasteiger partial charge is 0.184 e. The van der Waals surface area contributed by atoms with Gasteiger partial charge < -0.3 is 14.8 Å². The minimum absolute atomic E-state index is 0.430. The average molecular weight is 260 g/mol. The Morgan fingerprint density at radius 3 is 2.79 bits per heavy atom. The van der Waals surface area contributed by atoms with Crippen LogP contribution in [-0.2, 0) is 6.54 Å². The van der Waals surface area contributed by atoms with Gasteiger partial charge in [-0.05, 0) is 37.0 Å². The van der Waals surface area contributed by atoms with Crippen molar-refractivity contribution in [1.82, 2.24) is 5.32 Å². The van der Waals surface area contributed by atoms with Crippen molar-refractivity contribution >= 4 is 0 Å². The van der Waals surface area contributed by atoms with Crippen molar-refractivity contribution in [2.45, 2.75) is 44.9 Å². The largest absolute Gasteiger partial charge is 0.493 e. The fourth-order valence-corrected chi connectivity index (χ4v) is 1.83. The Morgan fingerprint density at radius 2 is 2.21 bits per heavy atom. The van der Waals surface area contributed by atoms with Gasteiger partial charge in [-0.15, -0.1) is 0 Å². The van der Waals surface area contributed by atoms with Crippen LogP contribution in [0.15, 0.2) is 18.2 Å². The summed E-state index contributed by atoms with van der Waals surface area (Å²) in [5, 5.41) is 12.4. The average Bonchev–Trinajstić information content (AvgIpc) is 3.26. The minimum Gasteiger partial charge on any atom is -0.493 e. The third-order valence-electron chi connectivity index (χ3n) is 3.18. The maximum atomic E-state index is 8.98. The maximum absolute atomic E-state index is 8.98. The summed E-state index contributed by atoms with van der Waals surface area (Å²) in [4.78, 5) is 0. The molecule has 0 bridgehead atoms. The van der Waals surface area contributed by atoms with Crippen molar-refractivity contribution in [3.8, 4) is 17.6 Å². The molecule has 0 heterocycles. The van der Waals surface area contributed by atoms with E-state index in [0.717, 1.165) is 12.1 Å². The van der Waals surface area contributed by atoms with Gasteiger partial charge in [0.05, 0.1) is 7.11 Å². The van der Waals surface area contributed by atoms with E-state index in [1.807, 2.05) is 25.1 Å². The summed E-state index contributed by atoms with van der Waals surface area (Å²) in [6, 6.07) is 8.68. The number of benzene rings is 1. The molecule has 2 rings (SSSR count). The summed E-state index contributed by atoms with van der Waals surface area (Å²) in [6.07, 6.45) is 2.77.